The lowest BCUT2D eigenvalue weighted by atomic mass is 10.1. The minimum absolute atomic E-state index is 0.0960. The van der Waals surface area contributed by atoms with Crippen LogP contribution in [0.25, 0.3) is 5.70 Å². The van der Waals surface area contributed by atoms with Gasteiger partial charge in [-0.3, -0.25) is 4.79 Å². The van der Waals surface area contributed by atoms with Gasteiger partial charge in [0.05, 0.1) is 11.9 Å². The molecule has 9 heteroatoms. The fraction of sp³-hybridized carbons (Fsp3) is 0.250. The summed E-state index contributed by atoms with van der Waals surface area (Å²) in [4.78, 5) is 20.4. The van der Waals surface area contributed by atoms with Gasteiger partial charge in [0.2, 0.25) is 0 Å². The molecule has 0 saturated heterocycles. The van der Waals surface area contributed by atoms with Crippen LogP contribution in [0.3, 0.4) is 0 Å². The smallest absolute Gasteiger partial charge is 0.257 e. The Balaban J connectivity index is 1.87. The predicted molar refractivity (Wildman–Crippen MR) is 125 cm³/mol. The van der Waals surface area contributed by atoms with E-state index in [4.69, 9.17) is 5.73 Å². The number of carbonyl (C=O) groups excluding carboxylic acids is 1. The SMILES string of the molecule is C/C1=C/N=C(N)\C=C(/c2ccc(NC(=O)C(O)c3cccc(F)c3)cc2F)N(C)C(C)N1C. The maximum absolute atomic E-state index is 15.2. The molecule has 1 heterocycles. The van der Waals surface area contributed by atoms with Crippen molar-refractivity contribution in [2.45, 2.75) is 26.1 Å². The lowest BCUT2D eigenvalue weighted by molar-refractivity contribution is -0.124. The topological polar surface area (TPSA) is 94.2 Å². The first kappa shape index (κ1) is 23.9. The van der Waals surface area contributed by atoms with Crippen LogP contribution in [-0.2, 0) is 4.79 Å². The summed E-state index contributed by atoms with van der Waals surface area (Å²) in [7, 11) is 3.73. The number of amidine groups is 1. The van der Waals surface area contributed by atoms with Crippen molar-refractivity contribution in [3.05, 3.63) is 83.2 Å². The Morgan fingerprint density at radius 2 is 1.91 bits per heavy atom. The van der Waals surface area contributed by atoms with Crippen LogP contribution in [0.5, 0.6) is 0 Å². The van der Waals surface area contributed by atoms with Gasteiger partial charge in [0.15, 0.2) is 6.10 Å². The average Bonchev–Trinajstić information content (AvgIpc) is 2.81. The molecule has 0 bridgehead atoms. The Morgan fingerprint density at radius 3 is 2.58 bits per heavy atom. The van der Waals surface area contributed by atoms with E-state index in [1.165, 1.54) is 30.3 Å². The molecule has 0 spiro atoms. The number of hydrogen-bond donors (Lipinski definition) is 3. The molecule has 2 aromatic rings. The molecule has 2 aromatic carbocycles. The molecular formula is C24H27F2N5O2. The van der Waals surface area contributed by atoms with Crippen molar-refractivity contribution in [2.24, 2.45) is 10.7 Å². The van der Waals surface area contributed by atoms with Crippen LogP contribution in [0, 0.1) is 11.6 Å². The first-order valence-corrected chi connectivity index (χ1v) is 10.3. The van der Waals surface area contributed by atoms with Crippen molar-refractivity contribution < 1.29 is 18.7 Å². The van der Waals surface area contributed by atoms with Gasteiger partial charge >= 0.3 is 0 Å². The quantitative estimate of drug-likeness (QED) is 0.657. The van der Waals surface area contributed by atoms with Gasteiger partial charge in [-0.05, 0) is 49.7 Å². The fourth-order valence-corrected chi connectivity index (χ4v) is 3.40. The van der Waals surface area contributed by atoms with Crippen LogP contribution < -0.4 is 11.1 Å². The first-order chi connectivity index (χ1) is 15.6. The lowest BCUT2D eigenvalue weighted by Crippen LogP contribution is -2.40. The molecular weight excluding hydrogens is 428 g/mol. The number of nitrogens with zero attached hydrogens (tertiary/aromatic N) is 3. The largest absolute Gasteiger partial charge is 0.384 e. The molecule has 4 N–H and O–H groups in total. The van der Waals surface area contributed by atoms with E-state index in [-0.39, 0.29) is 28.8 Å². The van der Waals surface area contributed by atoms with Crippen LogP contribution in [0.2, 0.25) is 0 Å². The van der Waals surface area contributed by atoms with E-state index in [2.05, 4.69) is 10.3 Å². The summed E-state index contributed by atoms with van der Waals surface area (Å²) in [6.45, 7) is 3.87. The molecule has 3 rings (SSSR count). The summed E-state index contributed by atoms with van der Waals surface area (Å²) < 4.78 is 28.5. The van der Waals surface area contributed by atoms with Crippen LogP contribution >= 0.6 is 0 Å². The molecule has 2 unspecified atom stereocenters. The third kappa shape index (κ3) is 5.38. The second-order valence-corrected chi connectivity index (χ2v) is 7.85. The van der Waals surface area contributed by atoms with Gasteiger partial charge in [0.1, 0.15) is 17.5 Å². The molecule has 0 aromatic heterocycles. The number of halogens is 2. The van der Waals surface area contributed by atoms with Crippen LogP contribution in [0.4, 0.5) is 14.5 Å². The molecule has 33 heavy (non-hydrogen) atoms. The van der Waals surface area contributed by atoms with E-state index in [1.807, 2.05) is 37.7 Å². The fourth-order valence-electron chi connectivity index (χ4n) is 3.40. The number of benzene rings is 2. The molecule has 0 saturated carbocycles. The third-order valence-corrected chi connectivity index (χ3v) is 5.67. The van der Waals surface area contributed by atoms with Gasteiger partial charge < -0.3 is 26.0 Å². The number of allylic oxidation sites excluding steroid dienone is 1. The Hall–Kier alpha value is -3.72. The van der Waals surface area contributed by atoms with Crippen LogP contribution in [-0.4, -0.2) is 46.9 Å². The molecule has 2 atom stereocenters. The maximum Gasteiger partial charge on any atom is 0.257 e. The summed E-state index contributed by atoms with van der Waals surface area (Å²) in [5.41, 5.74) is 7.92. The van der Waals surface area contributed by atoms with Crippen molar-refractivity contribution >= 4 is 23.1 Å². The molecule has 0 radical (unpaired) electrons. The Kier molecular flexibility index (Phi) is 7.13. The summed E-state index contributed by atoms with van der Waals surface area (Å²) in [6.07, 6.45) is 1.51. The number of aliphatic hydroxyl groups is 1. The zero-order valence-electron chi connectivity index (χ0n) is 18.9. The third-order valence-electron chi connectivity index (χ3n) is 5.67. The van der Waals surface area contributed by atoms with Gasteiger partial charge in [0, 0.05) is 43.3 Å². The number of hydrogen-bond acceptors (Lipinski definition) is 6. The van der Waals surface area contributed by atoms with Crippen molar-refractivity contribution in [3.8, 4) is 0 Å². The zero-order valence-corrected chi connectivity index (χ0v) is 18.9. The van der Waals surface area contributed by atoms with Gasteiger partial charge in [-0.2, -0.15) is 0 Å². The Labute approximate surface area is 191 Å². The normalized spacial score (nSPS) is 22.5. The molecule has 0 fully saturated rings. The number of nitrogens with two attached hydrogens (primary N) is 1. The lowest BCUT2D eigenvalue weighted by Gasteiger charge is -2.37. The van der Waals surface area contributed by atoms with Crippen LogP contribution in [0.1, 0.15) is 31.1 Å². The molecule has 1 aliphatic rings. The predicted octanol–water partition coefficient (Wildman–Crippen LogP) is 3.42. The van der Waals surface area contributed by atoms with E-state index in [0.29, 0.717) is 5.70 Å². The van der Waals surface area contributed by atoms with Crippen molar-refractivity contribution in [1.29, 1.82) is 0 Å². The number of amides is 1. The van der Waals surface area contributed by atoms with Crippen LogP contribution in [0.15, 0.2) is 65.4 Å². The van der Waals surface area contributed by atoms with E-state index in [1.54, 1.807) is 12.3 Å². The van der Waals surface area contributed by atoms with E-state index >= 15 is 4.39 Å². The Morgan fingerprint density at radius 1 is 1.18 bits per heavy atom. The number of rotatable bonds is 4. The molecule has 7 nitrogen and oxygen atoms in total. The van der Waals surface area contributed by atoms with E-state index in [9.17, 15) is 14.3 Å². The highest BCUT2D eigenvalue weighted by molar-refractivity contribution is 5.98. The van der Waals surface area contributed by atoms with E-state index in [0.717, 1.165) is 17.8 Å². The minimum Gasteiger partial charge on any atom is -0.384 e. The number of carbonyl (C=O) groups is 1. The van der Waals surface area contributed by atoms with Crippen molar-refractivity contribution in [1.82, 2.24) is 9.80 Å². The van der Waals surface area contributed by atoms with Crippen molar-refractivity contribution in [2.75, 3.05) is 19.4 Å². The highest BCUT2D eigenvalue weighted by Crippen LogP contribution is 2.28. The number of anilines is 1. The highest BCUT2D eigenvalue weighted by atomic mass is 19.1. The van der Waals surface area contributed by atoms with Gasteiger partial charge in [-0.1, -0.05) is 12.1 Å². The minimum atomic E-state index is -1.60. The summed E-state index contributed by atoms with van der Waals surface area (Å²) in [5, 5.41) is 12.7. The van der Waals surface area contributed by atoms with E-state index < -0.39 is 23.6 Å². The van der Waals surface area contributed by atoms with Crippen molar-refractivity contribution in [3.63, 3.8) is 0 Å². The molecule has 1 amide bonds. The number of aliphatic imine (C=N–C) groups is 1. The number of nitrogens with one attached hydrogen (secondary N) is 1. The molecule has 0 aliphatic carbocycles. The van der Waals surface area contributed by atoms with Gasteiger partial charge in [-0.15, -0.1) is 0 Å². The second-order valence-electron chi connectivity index (χ2n) is 7.85. The summed E-state index contributed by atoms with van der Waals surface area (Å²) in [5.74, 6) is -1.76. The van der Waals surface area contributed by atoms with Gasteiger partial charge in [-0.25, -0.2) is 13.8 Å². The number of aliphatic hydroxyl groups excluding tert-OH is 1. The first-order valence-electron chi connectivity index (χ1n) is 10.3. The standard InChI is InChI=1S/C24H27F2N5O2/c1-14-13-28-22(27)12-21(31(4)15(2)30(14)3)19-9-8-18(11-20(19)26)29-24(33)23(32)16-6-5-7-17(25)10-16/h5-13,15,23,32H,1-4H3,(H2,27,28)(H,29,33)/b14-13-,21-12+. The summed E-state index contributed by atoms with van der Waals surface area (Å²) in [6, 6.07) is 9.27. The van der Waals surface area contributed by atoms with Gasteiger partial charge in [0.25, 0.3) is 5.91 Å². The summed E-state index contributed by atoms with van der Waals surface area (Å²) >= 11 is 0. The monoisotopic (exact) mass is 455 g/mol. The second kappa shape index (κ2) is 9.83. The average molecular weight is 456 g/mol. The zero-order chi connectivity index (χ0) is 24.3. The maximum atomic E-state index is 15.2. The Bertz CT molecular complexity index is 1150. The molecule has 1 aliphatic heterocycles. The molecule has 174 valence electrons. The highest BCUT2D eigenvalue weighted by Gasteiger charge is 2.23.